The van der Waals surface area contributed by atoms with Crippen molar-refractivity contribution in [2.45, 2.75) is 6.92 Å². The third kappa shape index (κ3) is 1.12. The summed E-state index contributed by atoms with van der Waals surface area (Å²) >= 11 is 0. The van der Waals surface area contributed by atoms with Crippen molar-refractivity contribution in [3.63, 3.8) is 0 Å². The Morgan fingerprint density at radius 1 is 1.43 bits per heavy atom. The monoisotopic (exact) mass is 185 g/mol. The molecule has 1 aliphatic rings. The summed E-state index contributed by atoms with van der Waals surface area (Å²) in [6, 6.07) is 10.1. The van der Waals surface area contributed by atoms with E-state index < -0.39 is 0 Å². The van der Waals surface area contributed by atoms with Crippen molar-refractivity contribution in [3.8, 4) is 6.07 Å². The molecule has 1 aromatic carbocycles. The first-order valence-corrected chi connectivity index (χ1v) is 4.45. The highest BCUT2D eigenvalue weighted by molar-refractivity contribution is 5.81. The topological polar surface area (TPSA) is 39.1 Å². The number of hydrogen-bond acceptors (Lipinski definition) is 3. The van der Waals surface area contributed by atoms with E-state index in [9.17, 15) is 0 Å². The Labute approximate surface area is 83.3 Å². The Hall–Kier alpha value is -1.95. The zero-order valence-electron chi connectivity index (χ0n) is 8.20. The molecule has 0 aromatic heterocycles. The summed E-state index contributed by atoms with van der Waals surface area (Å²) < 4.78 is 0. The van der Waals surface area contributed by atoms with E-state index in [1.165, 1.54) is 0 Å². The molecule has 3 heteroatoms. The van der Waals surface area contributed by atoms with Gasteiger partial charge in [0.25, 0.3) is 0 Å². The minimum atomic E-state index is 0.698. The molecule has 0 atom stereocenters. The molecule has 1 aliphatic heterocycles. The lowest BCUT2D eigenvalue weighted by Gasteiger charge is -2.13. The molecule has 0 saturated carbocycles. The molecule has 0 spiro atoms. The number of nitrogens with one attached hydrogen (secondary N) is 1. The smallest absolute Gasteiger partial charge is 0.124 e. The molecule has 0 saturated heterocycles. The predicted molar refractivity (Wildman–Crippen MR) is 56.8 cm³/mol. The first-order chi connectivity index (χ1) is 6.74. The first kappa shape index (κ1) is 8.64. The van der Waals surface area contributed by atoms with Crippen LogP contribution in [0.5, 0.6) is 0 Å². The molecule has 0 aliphatic carbocycles. The highest BCUT2D eigenvalue weighted by Crippen LogP contribution is 2.35. The summed E-state index contributed by atoms with van der Waals surface area (Å²) in [6.07, 6.45) is 0. The lowest BCUT2D eigenvalue weighted by molar-refractivity contribution is 1.13. The standard InChI is InChI=1S/C11H11N3/c1-8(7-12)11-13-9-5-3-4-6-10(9)14(11)2/h3-6,13H,1-2H3/b11-8+. The number of nitriles is 1. The predicted octanol–water partition coefficient (Wildman–Crippen LogP) is 2.30. The summed E-state index contributed by atoms with van der Waals surface area (Å²) in [5.74, 6) is 0.869. The number of anilines is 2. The first-order valence-electron chi connectivity index (χ1n) is 4.45. The van der Waals surface area contributed by atoms with E-state index in [0.29, 0.717) is 5.57 Å². The van der Waals surface area contributed by atoms with Crippen LogP contribution in [0, 0.1) is 11.3 Å². The maximum atomic E-state index is 8.82. The van der Waals surface area contributed by atoms with Crippen LogP contribution >= 0.6 is 0 Å². The van der Waals surface area contributed by atoms with Crippen LogP contribution < -0.4 is 10.2 Å². The van der Waals surface area contributed by atoms with E-state index in [4.69, 9.17) is 5.26 Å². The average Bonchev–Trinajstić information content (AvgIpc) is 2.56. The van der Waals surface area contributed by atoms with E-state index in [2.05, 4.69) is 11.4 Å². The van der Waals surface area contributed by atoms with Crippen LogP contribution in [0.4, 0.5) is 11.4 Å². The molecular weight excluding hydrogens is 174 g/mol. The largest absolute Gasteiger partial charge is 0.339 e. The fourth-order valence-electron chi connectivity index (χ4n) is 1.60. The van der Waals surface area contributed by atoms with Crippen LogP contribution in [-0.4, -0.2) is 7.05 Å². The number of benzene rings is 1. The highest BCUT2D eigenvalue weighted by atomic mass is 15.3. The second kappa shape index (κ2) is 3.08. The van der Waals surface area contributed by atoms with E-state index in [1.807, 2.05) is 43.1 Å². The Balaban J connectivity index is 2.50. The third-order valence-corrected chi connectivity index (χ3v) is 2.38. The lowest BCUT2D eigenvalue weighted by Crippen LogP contribution is -2.15. The molecular formula is C11H11N3. The zero-order chi connectivity index (χ0) is 10.1. The molecule has 2 rings (SSSR count). The van der Waals surface area contributed by atoms with Gasteiger partial charge in [-0.05, 0) is 19.1 Å². The summed E-state index contributed by atoms with van der Waals surface area (Å²) in [7, 11) is 1.95. The summed E-state index contributed by atoms with van der Waals surface area (Å²) in [5, 5.41) is 12.0. The van der Waals surface area contributed by atoms with Gasteiger partial charge in [0, 0.05) is 7.05 Å². The van der Waals surface area contributed by atoms with E-state index in [-0.39, 0.29) is 0 Å². The summed E-state index contributed by atoms with van der Waals surface area (Å²) in [4.78, 5) is 1.99. The van der Waals surface area contributed by atoms with Crippen LogP contribution in [0.3, 0.4) is 0 Å². The molecule has 3 nitrogen and oxygen atoms in total. The minimum Gasteiger partial charge on any atom is -0.339 e. The van der Waals surface area contributed by atoms with Gasteiger partial charge < -0.3 is 10.2 Å². The van der Waals surface area contributed by atoms with Gasteiger partial charge in [0.15, 0.2) is 0 Å². The Morgan fingerprint density at radius 3 is 2.79 bits per heavy atom. The molecule has 0 radical (unpaired) electrons. The second-order valence-electron chi connectivity index (χ2n) is 3.29. The van der Waals surface area contributed by atoms with E-state index in [0.717, 1.165) is 17.2 Å². The van der Waals surface area contributed by atoms with Crippen LogP contribution in [0.15, 0.2) is 35.7 Å². The maximum absolute atomic E-state index is 8.82. The zero-order valence-corrected chi connectivity index (χ0v) is 8.20. The number of nitrogens with zero attached hydrogens (tertiary/aromatic N) is 2. The van der Waals surface area contributed by atoms with Gasteiger partial charge in [-0.2, -0.15) is 5.26 Å². The second-order valence-corrected chi connectivity index (χ2v) is 3.29. The van der Waals surface area contributed by atoms with Gasteiger partial charge in [0.05, 0.1) is 23.0 Å². The maximum Gasteiger partial charge on any atom is 0.124 e. The average molecular weight is 185 g/mol. The Morgan fingerprint density at radius 2 is 2.14 bits per heavy atom. The van der Waals surface area contributed by atoms with Crippen molar-refractivity contribution in [2.24, 2.45) is 0 Å². The van der Waals surface area contributed by atoms with Gasteiger partial charge in [-0.15, -0.1) is 0 Å². The number of fused-ring (bicyclic) bond motifs is 1. The van der Waals surface area contributed by atoms with Crippen molar-refractivity contribution in [2.75, 3.05) is 17.3 Å². The molecule has 14 heavy (non-hydrogen) atoms. The number of allylic oxidation sites excluding steroid dienone is 1. The van der Waals surface area contributed by atoms with Gasteiger partial charge in [0.2, 0.25) is 0 Å². The molecule has 1 N–H and O–H groups in total. The van der Waals surface area contributed by atoms with Gasteiger partial charge in [-0.3, -0.25) is 0 Å². The number of rotatable bonds is 0. The van der Waals surface area contributed by atoms with Crippen molar-refractivity contribution in [1.29, 1.82) is 5.26 Å². The summed E-state index contributed by atoms with van der Waals surface area (Å²) in [5.41, 5.74) is 2.86. The molecule has 70 valence electrons. The molecule has 1 heterocycles. The van der Waals surface area contributed by atoms with Crippen molar-refractivity contribution in [3.05, 3.63) is 35.7 Å². The van der Waals surface area contributed by atoms with E-state index in [1.54, 1.807) is 0 Å². The van der Waals surface area contributed by atoms with E-state index >= 15 is 0 Å². The fraction of sp³-hybridized carbons (Fsp3) is 0.182. The van der Waals surface area contributed by atoms with Crippen molar-refractivity contribution in [1.82, 2.24) is 0 Å². The fourth-order valence-corrected chi connectivity index (χ4v) is 1.60. The molecule has 0 amide bonds. The quantitative estimate of drug-likeness (QED) is 0.630. The minimum absolute atomic E-state index is 0.698. The van der Waals surface area contributed by atoms with Gasteiger partial charge in [-0.25, -0.2) is 0 Å². The van der Waals surface area contributed by atoms with Crippen LogP contribution in [0.25, 0.3) is 0 Å². The molecule has 0 fully saturated rings. The number of para-hydroxylation sites is 2. The van der Waals surface area contributed by atoms with Gasteiger partial charge >= 0.3 is 0 Å². The van der Waals surface area contributed by atoms with Crippen molar-refractivity contribution < 1.29 is 0 Å². The molecule has 1 aromatic rings. The SMILES string of the molecule is C/C(C#N)=C1/Nc2ccccc2N1C. The van der Waals surface area contributed by atoms with Gasteiger partial charge in [0.1, 0.15) is 5.82 Å². The molecule has 0 unspecified atom stereocenters. The van der Waals surface area contributed by atoms with Crippen LogP contribution in [-0.2, 0) is 0 Å². The summed E-state index contributed by atoms with van der Waals surface area (Å²) in [6.45, 7) is 1.81. The Kier molecular flexibility index (Phi) is 1.90. The van der Waals surface area contributed by atoms with Crippen molar-refractivity contribution >= 4 is 11.4 Å². The van der Waals surface area contributed by atoms with Crippen LogP contribution in [0.2, 0.25) is 0 Å². The lowest BCUT2D eigenvalue weighted by atomic mass is 10.3. The Bertz CT molecular complexity index is 440. The van der Waals surface area contributed by atoms with Crippen LogP contribution in [0.1, 0.15) is 6.92 Å². The molecule has 0 bridgehead atoms. The third-order valence-electron chi connectivity index (χ3n) is 2.38. The number of hydrogen-bond donors (Lipinski definition) is 1. The van der Waals surface area contributed by atoms with Gasteiger partial charge in [-0.1, -0.05) is 12.1 Å². The normalized spacial score (nSPS) is 17.1. The highest BCUT2D eigenvalue weighted by Gasteiger charge is 2.21.